The molecule has 4 rings (SSSR count). The highest BCUT2D eigenvalue weighted by molar-refractivity contribution is 7.17. The number of carbonyl (C=O) groups excluding carboxylic acids is 2. The molecule has 1 atom stereocenters. The fourth-order valence-corrected chi connectivity index (χ4v) is 4.64. The smallest absolute Gasteiger partial charge is 0.262 e. The van der Waals surface area contributed by atoms with E-state index in [9.17, 15) is 9.59 Å². The van der Waals surface area contributed by atoms with Gasteiger partial charge < -0.3 is 9.88 Å². The molecule has 1 amide bonds. The summed E-state index contributed by atoms with van der Waals surface area (Å²) in [5.74, 6) is -0.490. The van der Waals surface area contributed by atoms with Crippen LogP contribution in [0.15, 0.2) is 79.4 Å². The monoisotopic (exact) mass is 469 g/mol. The third-order valence-corrected chi connectivity index (χ3v) is 6.32. The van der Waals surface area contributed by atoms with Crippen LogP contribution in [-0.4, -0.2) is 27.3 Å². The first kappa shape index (κ1) is 21.3. The van der Waals surface area contributed by atoms with E-state index in [1.165, 1.54) is 11.3 Å². The van der Waals surface area contributed by atoms with E-state index in [4.69, 9.17) is 23.2 Å². The van der Waals surface area contributed by atoms with Crippen molar-refractivity contribution in [2.75, 3.05) is 0 Å². The molecule has 0 aliphatic rings. The van der Waals surface area contributed by atoms with E-state index < -0.39 is 6.04 Å². The number of hydrogen-bond acceptors (Lipinski definition) is 4. The summed E-state index contributed by atoms with van der Waals surface area (Å²) < 4.78 is 1.76. The number of nitrogens with zero attached hydrogens (tertiary/aromatic N) is 2. The molecule has 0 saturated carbocycles. The van der Waals surface area contributed by atoms with Gasteiger partial charge >= 0.3 is 0 Å². The van der Waals surface area contributed by atoms with Crippen LogP contribution in [0.5, 0.6) is 0 Å². The summed E-state index contributed by atoms with van der Waals surface area (Å²) in [6.45, 7) is 0.278. The Balaban J connectivity index is 1.56. The molecule has 0 radical (unpaired) electrons. The van der Waals surface area contributed by atoms with Gasteiger partial charge in [0.15, 0.2) is 5.78 Å². The minimum atomic E-state index is -0.742. The van der Waals surface area contributed by atoms with Gasteiger partial charge in [0.2, 0.25) is 0 Å². The first-order chi connectivity index (χ1) is 15.0. The Morgan fingerprint density at radius 3 is 2.58 bits per heavy atom. The van der Waals surface area contributed by atoms with E-state index in [1.807, 2.05) is 18.2 Å². The molecule has 156 valence electrons. The Morgan fingerprint density at radius 1 is 1.06 bits per heavy atom. The fraction of sp³-hybridized carbons (Fsp3) is 0.0870. The summed E-state index contributed by atoms with van der Waals surface area (Å²) in [5.41, 5.74) is 1.33. The highest BCUT2D eigenvalue weighted by atomic mass is 35.5. The van der Waals surface area contributed by atoms with Gasteiger partial charge in [0.25, 0.3) is 5.91 Å². The number of Topliss-reactive ketones (excluding diaryl/α,β-unsaturated/α-hetero) is 1. The van der Waals surface area contributed by atoms with Crippen LogP contribution in [0, 0.1) is 0 Å². The lowest BCUT2D eigenvalue weighted by Crippen LogP contribution is -2.43. The van der Waals surface area contributed by atoms with Crippen LogP contribution in [0.4, 0.5) is 0 Å². The minimum Gasteiger partial charge on any atom is -0.339 e. The predicted octanol–water partition coefficient (Wildman–Crippen LogP) is 5.60. The number of imidazole rings is 1. The maximum Gasteiger partial charge on any atom is 0.262 e. The quantitative estimate of drug-likeness (QED) is 0.358. The summed E-state index contributed by atoms with van der Waals surface area (Å²) in [4.78, 5) is 31.4. The van der Waals surface area contributed by atoms with Crippen molar-refractivity contribution >= 4 is 46.2 Å². The highest BCUT2D eigenvalue weighted by Gasteiger charge is 2.24. The predicted molar refractivity (Wildman–Crippen MR) is 124 cm³/mol. The molecule has 2 aromatic carbocycles. The average molecular weight is 470 g/mol. The number of thiophene rings is 1. The molecule has 0 bridgehead atoms. The van der Waals surface area contributed by atoms with Crippen molar-refractivity contribution in [1.82, 2.24) is 14.9 Å². The van der Waals surface area contributed by atoms with Gasteiger partial charge in [-0.2, -0.15) is 0 Å². The Bertz CT molecular complexity index is 1210. The second-order valence-corrected chi connectivity index (χ2v) is 8.73. The first-order valence-electron chi connectivity index (χ1n) is 9.42. The molecule has 0 saturated heterocycles. The van der Waals surface area contributed by atoms with Gasteiger partial charge in [-0.25, -0.2) is 4.98 Å². The van der Waals surface area contributed by atoms with Crippen molar-refractivity contribution in [3.8, 4) is 10.4 Å². The molecular formula is C23H17Cl2N3O2S. The van der Waals surface area contributed by atoms with Crippen molar-refractivity contribution in [1.29, 1.82) is 0 Å². The normalized spacial score (nSPS) is 11.8. The van der Waals surface area contributed by atoms with Crippen molar-refractivity contribution < 1.29 is 9.59 Å². The van der Waals surface area contributed by atoms with Crippen LogP contribution in [0.1, 0.15) is 20.0 Å². The van der Waals surface area contributed by atoms with E-state index in [1.54, 1.807) is 65.8 Å². The molecule has 5 nitrogen and oxygen atoms in total. The van der Waals surface area contributed by atoms with Gasteiger partial charge in [-0.05, 0) is 24.3 Å². The Labute approximate surface area is 193 Å². The number of rotatable bonds is 7. The largest absolute Gasteiger partial charge is 0.339 e. The lowest BCUT2D eigenvalue weighted by Gasteiger charge is -2.18. The molecule has 0 aliphatic carbocycles. The van der Waals surface area contributed by atoms with E-state index in [0.29, 0.717) is 20.5 Å². The number of hydrogen-bond donors (Lipinski definition) is 1. The minimum absolute atomic E-state index is 0.167. The molecule has 4 aromatic rings. The van der Waals surface area contributed by atoms with Gasteiger partial charge in [0.1, 0.15) is 6.04 Å². The first-order valence-corrected chi connectivity index (χ1v) is 11.0. The number of benzene rings is 2. The number of ketones is 1. The molecule has 0 spiro atoms. The summed E-state index contributed by atoms with van der Waals surface area (Å²) in [6.07, 6.45) is 5.00. The van der Waals surface area contributed by atoms with Crippen molar-refractivity contribution in [2.24, 2.45) is 0 Å². The fourth-order valence-electron chi connectivity index (χ4n) is 3.13. The lowest BCUT2D eigenvalue weighted by atomic mass is 10.0. The number of nitrogens with one attached hydrogen (secondary N) is 1. The third kappa shape index (κ3) is 5.05. The van der Waals surface area contributed by atoms with Crippen molar-refractivity contribution in [3.05, 3.63) is 99.9 Å². The Kier molecular flexibility index (Phi) is 6.51. The van der Waals surface area contributed by atoms with Crippen molar-refractivity contribution in [3.63, 3.8) is 0 Å². The second kappa shape index (κ2) is 9.47. The highest BCUT2D eigenvalue weighted by Crippen LogP contribution is 2.35. The molecule has 2 aromatic heterocycles. The summed E-state index contributed by atoms with van der Waals surface area (Å²) in [7, 11) is 0. The number of amides is 1. The molecule has 31 heavy (non-hydrogen) atoms. The van der Waals surface area contributed by atoms with E-state index in [2.05, 4.69) is 10.3 Å². The number of halogens is 2. The van der Waals surface area contributed by atoms with Gasteiger partial charge in [-0.15, -0.1) is 11.3 Å². The third-order valence-electron chi connectivity index (χ3n) is 4.66. The average Bonchev–Trinajstić information content (AvgIpc) is 3.46. The molecule has 1 N–H and O–H groups in total. The number of aromatic nitrogens is 2. The van der Waals surface area contributed by atoms with Gasteiger partial charge in [0.05, 0.1) is 22.8 Å². The SMILES string of the molecule is O=C(NC(Cn1ccnc1)C(=O)c1ccccc1)c1ccc(-c2ccc(Cl)cc2Cl)s1. The summed E-state index contributed by atoms with van der Waals surface area (Å²) in [5, 5.41) is 3.94. The molecule has 8 heteroatoms. The van der Waals surface area contributed by atoms with Crippen LogP contribution < -0.4 is 5.32 Å². The van der Waals surface area contributed by atoms with Crippen LogP contribution >= 0.6 is 34.5 Å². The topological polar surface area (TPSA) is 64.0 Å². The molecule has 0 aliphatic heterocycles. The molecule has 1 unspecified atom stereocenters. The second-order valence-electron chi connectivity index (χ2n) is 6.80. The van der Waals surface area contributed by atoms with Gasteiger partial charge in [-0.1, -0.05) is 59.6 Å². The van der Waals surface area contributed by atoms with E-state index >= 15 is 0 Å². The molecule has 0 fully saturated rings. The zero-order chi connectivity index (χ0) is 21.8. The maximum atomic E-state index is 13.1. The van der Waals surface area contributed by atoms with Gasteiger partial charge in [0, 0.05) is 33.4 Å². The summed E-state index contributed by atoms with van der Waals surface area (Å²) >= 11 is 13.6. The Morgan fingerprint density at radius 2 is 1.87 bits per heavy atom. The van der Waals surface area contributed by atoms with E-state index in [0.717, 1.165) is 10.4 Å². The van der Waals surface area contributed by atoms with Crippen LogP contribution in [-0.2, 0) is 6.54 Å². The molecular weight excluding hydrogens is 453 g/mol. The summed E-state index contributed by atoms with van der Waals surface area (Å²) in [6, 6.07) is 17.0. The lowest BCUT2D eigenvalue weighted by molar-refractivity contribution is 0.0850. The molecule has 2 heterocycles. The van der Waals surface area contributed by atoms with Crippen LogP contribution in [0.2, 0.25) is 10.0 Å². The van der Waals surface area contributed by atoms with Crippen LogP contribution in [0.3, 0.4) is 0 Å². The van der Waals surface area contributed by atoms with E-state index in [-0.39, 0.29) is 18.2 Å². The Hall–Kier alpha value is -2.93. The van der Waals surface area contributed by atoms with Gasteiger partial charge in [-0.3, -0.25) is 9.59 Å². The van der Waals surface area contributed by atoms with Crippen LogP contribution in [0.25, 0.3) is 10.4 Å². The zero-order valence-electron chi connectivity index (χ0n) is 16.2. The maximum absolute atomic E-state index is 13.1. The number of carbonyl (C=O) groups is 2. The zero-order valence-corrected chi connectivity index (χ0v) is 18.5. The standard InChI is InChI=1S/C23H17Cl2N3O2S/c24-16-6-7-17(18(25)12-16)20-8-9-21(31-20)23(30)27-19(13-28-11-10-26-14-28)22(29)15-4-2-1-3-5-15/h1-12,14,19H,13H2,(H,27,30). The van der Waals surface area contributed by atoms with Crippen molar-refractivity contribution in [2.45, 2.75) is 12.6 Å².